The number of carbonyl (C=O) groups is 2. The maximum absolute atomic E-state index is 12.7. The standard InChI is InChI=1S/C22H25N5O2S2/c1-15-4-3-5-18(16(15)2)25-19(28)12-26-7-9-27(10-8-26)20(29)13-31-22-17-6-11-30-21(17)23-14-24-22/h3-6,11,14H,7-10,12-13H2,1-2H3,(H,25,28). The lowest BCUT2D eigenvalue weighted by Gasteiger charge is -2.34. The van der Waals surface area contributed by atoms with E-state index < -0.39 is 0 Å². The lowest BCUT2D eigenvalue weighted by Crippen LogP contribution is -2.50. The molecular weight excluding hydrogens is 430 g/mol. The van der Waals surface area contributed by atoms with Crippen molar-refractivity contribution in [1.29, 1.82) is 0 Å². The second kappa shape index (κ2) is 9.76. The molecule has 31 heavy (non-hydrogen) atoms. The molecule has 2 aromatic heterocycles. The maximum Gasteiger partial charge on any atom is 0.238 e. The molecule has 0 bridgehead atoms. The molecule has 0 spiro atoms. The minimum atomic E-state index is -0.0208. The van der Waals surface area contributed by atoms with E-state index in [1.165, 1.54) is 11.8 Å². The Labute approximate surface area is 189 Å². The Morgan fingerprint density at radius 3 is 2.74 bits per heavy atom. The monoisotopic (exact) mass is 455 g/mol. The molecule has 0 unspecified atom stereocenters. The first-order valence-corrected chi connectivity index (χ1v) is 12.0. The van der Waals surface area contributed by atoms with Gasteiger partial charge < -0.3 is 10.2 Å². The number of aryl methyl sites for hydroxylation is 1. The number of anilines is 1. The van der Waals surface area contributed by atoms with Crippen LogP contribution in [0.25, 0.3) is 10.2 Å². The van der Waals surface area contributed by atoms with Crippen LogP contribution in [0.5, 0.6) is 0 Å². The third kappa shape index (κ3) is 5.23. The fraction of sp³-hybridized carbons (Fsp3) is 0.364. The number of aromatic nitrogens is 2. The van der Waals surface area contributed by atoms with Crippen LogP contribution in [0.4, 0.5) is 5.69 Å². The molecule has 1 aliphatic rings. The van der Waals surface area contributed by atoms with Crippen molar-refractivity contribution in [3.8, 4) is 0 Å². The van der Waals surface area contributed by atoms with Crippen LogP contribution < -0.4 is 5.32 Å². The molecule has 2 amide bonds. The normalized spacial score (nSPS) is 14.7. The van der Waals surface area contributed by atoms with Crippen molar-refractivity contribution in [3.05, 3.63) is 47.1 Å². The topological polar surface area (TPSA) is 78.4 Å². The van der Waals surface area contributed by atoms with E-state index in [9.17, 15) is 9.59 Å². The Morgan fingerprint density at radius 1 is 1.13 bits per heavy atom. The van der Waals surface area contributed by atoms with Crippen LogP contribution >= 0.6 is 23.1 Å². The maximum atomic E-state index is 12.7. The number of thioether (sulfide) groups is 1. The summed E-state index contributed by atoms with van der Waals surface area (Å²) in [6.07, 6.45) is 1.55. The molecule has 1 aromatic carbocycles. The molecule has 7 nitrogen and oxygen atoms in total. The van der Waals surface area contributed by atoms with Crippen molar-refractivity contribution < 1.29 is 9.59 Å². The number of nitrogens with one attached hydrogen (secondary N) is 1. The van der Waals surface area contributed by atoms with Gasteiger partial charge in [0, 0.05) is 37.3 Å². The van der Waals surface area contributed by atoms with Crippen LogP contribution in [0.2, 0.25) is 0 Å². The van der Waals surface area contributed by atoms with Gasteiger partial charge in [-0.15, -0.1) is 11.3 Å². The van der Waals surface area contributed by atoms with E-state index in [0.717, 1.165) is 32.1 Å². The molecule has 3 heterocycles. The van der Waals surface area contributed by atoms with Crippen molar-refractivity contribution in [3.63, 3.8) is 0 Å². The summed E-state index contributed by atoms with van der Waals surface area (Å²) in [5.74, 6) is 0.439. The van der Waals surface area contributed by atoms with Crippen LogP contribution in [0.3, 0.4) is 0 Å². The Kier molecular flexibility index (Phi) is 6.84. The number of thiophene rings is 1. The summed E-state index contributed by atoms with van der Waals surface area (Å²) in [5, 5.41) is 6.85. The van der Waals surface area contributed by atoms with Crippen molar-refractivity contribution >= 4 is 50.8 Å². The number of hydrogen-bond acceptors (Lipinski definition) is 7. The third-order valence-corrected chi connectivity index (χ3v) is 7.34. The highest BCUT2D eigenvalue weighted by Crippen LogP contribution is 2.27. The second-order valence-electron chi connectivity index (χ2n) is 7.56. The van der Waals surface area contributed by atoms with Gasteiger partial charge in [0.25, 0.3) is 0 Å². The van der Waals surface area contributed by atoms with Gasteiger partial charge in [-0.05, 0) is 42.5 Å². The van der Waals surface area contributed by atoms with Crippen molar-refractivity contribution in [2.75, 3.05) is 43.8 Å². The van der Waals surface area contributed by atoms with Gasteiger partial charge in [0.2, 0.25) is 11.8 Å². The SMILES string of the molecule is Cc1cccc(NC(=O)CN2CCN(C(=O)CSc3ncnc4sccc34)CC2)c1C. The summed E-state index contributed by atoms with van der Waals surface area (Å²) in [6, 6.07) is 7.91. The quantitative estimate of drug-likeness (QED) is 0.454. The van der Waals surface area contributed by atoms with E-state index in [1.54, 1.807) is 17.7 Å². The van der Waals surface area contributed by atoms with Crippen molar-refractivity contribution in [2.24, 2.45) is 0 Å². The molecule has 9 heteroatoms. The third-order valence-electron chi connectivity index (χ3n) is 5.53. The van der Waals surface area contributed by atoms with E-state index in [2.05, 4.69) is 20.2 Å². The smallest absolute Gasteiger partial charge is 0.238 e. The van der Waals surface area contributed by atoms with Crippen molar-refractivity contribution in [1.82, 2.24) is 19.8 Å². The highest BCUT2D eigenvalue weighted by atomic mass is 32.2. The number of hydrogen-bond donors (Lipinski definition) is 1. The predicted molar refractivity (Wildman–Crippen MR) is 126 cm³/mol. The predicted octanol–water partition coefficient (Wildman–Crippen LogP) is 3.18. The molecule has 1 fully saturated rings. The first-order valence-electron chi connectivity index (χ1n) is 10.2. The lowest BCUT2D eigenvalue weighted by atomic mass is 10.1. The summed E-state index contributed by atoms with van der Waals surface area (Å²) in [5.41, 5.74) is 3.11. The largest absolute Gasteiger partial charge is 0.339 e. The molecule has 0 atom stereocenters. The fourth-order valence-electron chi connectivity index (χ4n) is 3.54. The molecular formula is C22H25N5O2S2. The van der Waals surface area contributed by atoms with Crippen molar-refractivity contribution in [2.45, 2.75) is 18.9 Å². The first-order chi connectivity index (χ1) is 15.0. The zero-order valence-corrected chi connectivity index (χ0v) is 19.3. The van der Waals surface area contributed by atoms with Crippen LogP contribution in [0.15, 0.2) is 41.0 Å². The zero-order valence-electron chi connectivity index (χ0n) is 17.6. The van der Waals surface area contributed by atoms with Gasteiger partial charge in [-0.3, -0.25) is 14.5 Å². The summed E-state index contributed by atoms with van der Waals surface area (Å²) in [6.45, 7) is 7.03. The van der Waals surface area contributed by atoms with Gasteiger partial charge in [-0.1, -0.05) is 23.9 Å². The number of rotatable bonds is 6. The van der Waals surface area contributed by atoms with Crippen LogP contribution in [-0.2, 0) is 9.59 Å². The Hall–Kier alpha value is -2.49. The average molecular weight is 456 g/mol. The van der Waals surface area contributed by atoms with E-state index in [0.29, 0.717) is 38.5 Å². The molecule has 0 aliphatic carbocycles. The lowest BCUT2D eigenvalue weighted by molar-refractivity contribution is -0.130. The fourth-order valence-corrected chi connectivity index (χ4v) is 5.22. The summed E-state index contributed by atoms with van der Waals surface area (Å²) < 4.78 is 0. The number of fused-ring (bicyclic) bond motifs is 1. The van der Waals surface area contributed by atoms with E-state index in [-0.39, 0.29) is 11.8 Å². The Bertz CT molecular complexity index is 1090. The molecule has 1 N–H and O–H groups in total. The van der Waals surface area contributed by atoms with E-state index in [4.69, 9.17) is 0 Å². The number of amides is 2. The number of benzene rings is 1. The molecule has 4 rings (SSSR count). The van der Waals surface area contributed by atoms with Gasteiger partial charge in [-0.2, -0.15) is 0 Å². The zero-order chi connectivity index (χ0) is 21.8. The van der Waals surface area contributed by atoms with Gasteiger partial charge >= 0.3 is 0 Å². The first kappa shape index (κ1) is 21.7. The van der Waals surface area contributed by atoms with Gasteiger partial charge in [0.1, 0.15) is 16.2 Å². The van der Waals surface area contributed by atoms with Crippen LogP contribution in [0.1, 0.15) is 11.1 Å². The van der Waals surface area contributed by atoms with Gasteiger partial charge in [-0.25, -0.2) is 9.97 Å². The number of nitrogens with zero attached hydrogens (tertiary/aromatic N) is 4. The molecule has 162 valence electrons. The number of piperazine rings is 1. The van der Waals surface area contributed by atoms with Gasteiger partial charge in [0.05, 0.1) is 12.3 Å². The second-order valence-corrected chi connectivity index (χ2v) is 9.42. The van der Waals surface area contributed by atoms with E-state index in [1.807, 2.05) is 48.4 Å². The summed E-state index contributed by atoms with van der Waals surface area (Å²) in [4.78, 5) is 38.6. The summed E-state index contributed by atoms with van der Waals surface area (Å²) >= 11 is 3.03. The molecule has 1 aliphatic heterocycles. The molecule has 0 saturated carbocycles. The average Bonchev–Trinajstić information content (AvgIpc) is 3.25. The summed E-state index contributed by atoms with van der Waals surface area (Å²) in [7, 11) is 0. The van der Waals surface area contributed by atoms with Crippen LogP contribution in [0, 0.1) is 13.8 Å². The minimum absolute atomic E-state index is 0.0208. The van der Waals surface area contributed by atoms with Gasteiger partial charge in [0.15, 0.2) is 0 Å². The van der Waals surface area contributed by atoms with E-state index >= 15 is 0 Å². The Morgan fingerprint density at radius 2 is 1.94 bits per heavy atom. The molecule has 3 aromatic rings. The highest BCUT2D eigenvalue weighted by Gasteiger charge is 2.23. The molecule has 1 saturated heterocycles. The Balaban J connectivity index is 1.23. The highest BCUT2D eigenvalue weighted by molar-refractivity contribution is 8.00. The number of carbonyl (C=O) groups excluding carboxylic acids is 2. The molecule has 0 radical (unpaired) electrons. The van der Waals surface area contributed by atoms with Crippen LogP contribution in [-0.4, -0.2) is 70.1 Å². The minimum Gasteiger partial charge on any atom is -0.339 e.